The first-order valence-corrected chi connectivity index (χ1v) is 6.24. The SMILES string of the molecule is C/C=c1/c(C2CCN(C)CC2)c[nH]/c1=C/C. The molecule has 0 saturated carbocycles. The number of aromatic amines is 1. The number of H-pyrrole nitrogens is 1. The lowest BCUT2D eigenvalue weighted by molar-refractivity contribution is 0.255. The molecular weight excluding hydrogens is 196 g/mol. The number of hydrogen-bond donors (Lipinski definition) is 1. The van der Waals surface area contributed by atoms with Gasteiger partial charge in [-0.2, -0.15) is 0 Å². The summed E-state index contributed by atoms with van der Waals surface area (Å²) in [5.41, 5.74) is 1.52. The summed E-state index contributed by atoms with van der Waals surface area (Å²) >= 11 is 0. The van der Waals surface area contributed by atoms with E-state index >= 15 is 0 Å². The van der Waals surface area contributed by atoms with Crippen molar-refractivity contribution in [1.82, 2.24) is 9.88 Å². The molecule has 2 nitrogen and oxygen atoms in total. The molecule has 0 aliphatic carbocycles. The van der Waals surface area contributed by atoms with Crippen molar-refractivity contribution in [1.29, 1.82) is 0 Å². The predicted octanol–water partition coefficient (Wildman–Crippen LogP) is 1.42. The zero-order chi connectivity index (χ0) is 11.5. The quantitative estimate of drug-likeness (QED) is 0.755. The Morgan fingerprint density at radius 1 is 1.25 bits per heavy atom. The Labute approximate surface area is 97.7 Å². The highest BCUT2D eigenvalue weighted by atomic mass is 15.1. The maximum Gasteiger partial charge on any atom is 0.0410 e. The number of likely N-dealkylation sites (tertiary alicyclic amines) is 1. The van der Waals surface area contributed by atoms with Crippen molar-refractivity contribution in [3.8, 4) is 0 Å². The number of nitrogens with one attached hydrogen (secondary N) is 1. The molecule has 1 saturated heterocycles. The molecule has 0 unspecified atom stereocenters. The molecule has 2 heterocycles. The third-order valence-electron chi connectivity index (χ3n) is 3.72. The van der Waals surface area contributed by atoms with E-state index in [0.29, 0.717) is 0 Å². The topological polar surface area (TPSA) is 19.0 Å². The van der Waals surface area contributed by atoms with Gasteiger partial charge in [0.05, 0.1) is 0 Å². The third kappa shape index (κ3) is 2.07. The van der Waals surface area contributed by atoms with Crippen LogP contribution in [0.5, 0.6) is 0 Å². The second-order valence-electron chi connectivity index (χ2n) is 4.73. The average Bonchev–Trinajstić information content (AvgIpc) is 2.72. The zero-order valence-electron chi connectivity index (χ0n) is 10.6. The van der Waals surface area contributed by atoms with Gasteiger partial charge in [-0.1, -0.05) is 12.2 Å². The van der Waals surface area contributed by atoms with Gasteiger partial charge in [-0.25, -0.2) is 0 Å². The minimum Gasteiger partial charge on any atom is -0.361 e. The van der Waals surface area contributed by atoms with E-state index in [1.54, 1.807) is 0 Å². The fourth-order valence-electron chi connectivity index (χ4n) is 2.68. The Kier molecular flexibility index (Phi) is 3.49. The van der Waals surface area contributed by atoms with E-state index in [9.17, 15) is 0 Å². The third-order valence-corrected chi connectivity index (χ3v) is 3.72. The van der Waals surface area contributed by atoms with Crippen LogP contribution in [0.1, 0.15) is 38.2 Å². The molecule has 16 heavy (non-hydrogen) atoms. The highest BCUT2D eigenvalue weighted by molar-refractivity contribution is 5.33. The van der Waals surface area contributed by atoms with Crippen molar-refractivity contribution in [3.63, 3.8) is 0 Å². The van der Waals surface area contributed by atoms with E-state index < -0.39 is 0 Å². The predicted molar refractivity (Wildman–Crippen MR) is 69.8 cm³/mol. The standard InChI is InChI=1S/C14H22N2/c1-4-12-13(10-15-14(12)5-2)11-6-8-16(3)9-7-11/h4-5,10-11,15H,6-9H2,1-3H3/b12-4-,14-5+. The van der Waals surface area contributed by atoms with E-state index in [-0.39, 0.29) is 0 Å². The van der Waals surface area contributed by atoms with Crippen LogP contribution in [0.4, 0.5) is 0 Å². The van der Waals surface area contributed by atoms with E-state index in [2.05, 4.69) is 49.1 Å². The van der Waals surface area contributed by atoms with E-state index in [1.807, 2.05) is 0 Å². The highest BCUT2D eigenvalue weighted by Crippen LogP contribution is 2.24. The number of aromatic nitrogens is 1. The Balaban J connectivity index is 2.32. The fraction of sp³-hybridized carbons (Fsp3) is 0.571. The largest absolute Gasteiger partial charge is 0.361 e. The van der Waals surface area contributed by atoms with Crippen LogP contribution >= 0.6 is 0 Å². The maximum absolute atomic E-state index is 3.38. The van der Waals surface area contributed by atoms with E-state index in [4.69, 9.17) is 0 Å². The van der Waals surface area contributed by atoms with Crippen LogP contribution in [0.2, 0.25) is 0 Å². The van der Waals surface area contributed by atoms with Crippen LogP contribution in [-0.2, 0) is 0 Å². The molecule has 0 atom stereocenters. The maximum atomic E-state index is 3.38. The summed E-state index contributed by atoms with van der Waals surface area (Å²) in [5, 5.41) is 2.69. The molecule has 1 aliphatic heterocycles. The summed E-state index contributed by atoms with van der Waals surface area (Å²) in [6, 6.07) is 0. The van der Waals surface area contributed by atoms with Crippen LogP contribution in [0.15, 0.2) is 6.20 Å². The van der Waals surface area contributed by atoms with Gasteiger partial charge in [-0.05, 0) is 63.5 Å². The lowest BCUT2D eigenvalue weighted by Crippen LogP contribution is -2.32. The zero-order valence-corrected chi connectivity index (χ0v) is 10.6. The van der Waals surface area contributed by atoms with Crippen LogP contribution < -0.4 is 10.6 Å². The molecule has 0 aromatic carbocycles. The van der Waals surface area contributed by atoms with Gasteiger partial charge in [0.2, 0.25) is 0 Å². The van der Waals surface area contributed by atoms with Crippen LogP contribution in [0.3, 0.4) is 0 Å². The molecule has 1 aromatic heterocycles. The number of piperidine rings is 1. The summed E-state index contributed by atoms with van der Waals surface area (Å²) in [4.78, 5) is 5.81. The van der Waals surface area contributed by atoms with Crippen LogP contribution in [0.25, 0.3) is 12.2 Å². The number of nitrogens with zero attached hydrogens (tertiary/aromatic N) is 1. The van der Waals surface area contributed by atoms with Crippen molar-refractivity contribution < 1.29 is 0 Å². The highest BCUT2D eigenvalue weighted by Gasteiger charge is 2.19. The lowest BCUT2D eigenvalue weighted by Gasteiger charge is -2.28. The number of rotatable bonds is 1. The minimum absolute atomic E-state index is 0.743. The van der Waals surface area contributed by atoms with Gasteiger partial charge >= 0.3 is 0 Å². The van der Waals surface area contributed by atoms with Gasteiger partial charge in [-0.3, -0.25) is 0 Å². The monoisotopic (exact) mass is 218 g/mol. The Hall–Kier alpha value is -1.02. The molecular formula is C14H22N2. The first kappa shape index (κ1) is 11.5. The van der Waals surface area contributed by atoms with Gasteiger partial charge in [0.1, 0.15) is 0 Å². The smallest absolute Gasteiger partial charge is 0.0410 e. The molecule has 0 spiro atoms. The Morgan fingerprint density at radius 3 is 2.50 bits per heavy atom. The number of hydrogen-bond acceptors (Lipinski definition) is 1. The van der Waals surface area contributed by atoms with Crippen molar-refractivity contribution in [2.75, 3.05) is 20.1 Å². The molecule has 0 bridgehead atoms. The summed E-state index contributed by atoms with van der Waals surface area (Å²) in [7, 11) is 2.21. The summed E-state index contributed by atoms with van der Waals surface area (Å²) in [6.07, 6.45) is 9.19. The molecule has 88 valence electrons. The minimum atomic E-state index is 0.743. The van der Waals surface area contributed by atoms with Gasteiger partial charge in [0.15, 0.2) is 0 Å². The summed E-state index contributed by atoms with van der Waals surface area (Å²) in [5.74, 6) is 0.743. The average molecular weight is 218 g/mol. The lowest BCUT2D eigenvalue weighted by atomic mass is 9.90. The van der Waals surface area contributed by atoms with Crippen LogP contribution in [-0.4, -0.2) is 30.0 Å². The van der Waals surface area contributed by atoms with Crippen molar-refractivity contribution in [3.05, 3.63) is 22.3 Å². The van der Waals surface area contributed by atoms with Crippen molar-refractivity contribution in [2.24, 2.45) is 0 Å². The van der Waals surface area contributed by atoms with Crippen LogP contribution in [0, 0.1) is 0 Å². The second-order valence-corrected chi connectivity index (χ2v) is 4.73. The Bertz CT molecular complexity index is 448. The first-order chi connectivity index (χ1) is 7.76. The fourth-order valence-corrected chi connectivity index (χ4v) is 2.68. The first-order valence-electron chi connectivity index (χ1n) is 6.24. The molecule has 1 fully saturated rings. The van der Waals surface area contributed by atoms with Gasteiger partial charge in [0, 0.05) is 11.5 Å². The molecule has 1 aliphatic rings. The second kappa shape index (κ2) is 4.88. The molecule has 0 radical (unpaired) electrons. The molecule has 1 N–H and O–H groups in total. The molecule has 2 rings (SSSR count). The summed E-state index contributed by atoms with van der Waals surface area (Å²) < 4.78 is 0. The normalized spacial score (nSPS) is 21.9. The van der Waals surface area contributed by atoms with Crippen molar-refractivity contribution in [2.45, 2.75) is 32.6 Å². The van der Waals surface area contributed by atoms with Gasteiger partial charge in [-0.15, -0.1) is 0 Å². The van der Waals surface area contributed by atoms with Crippen molar-refractivity contribution >= 4 is 12.2 Å². The molecule has 2 heteroatoms. The van der Waals surface area contributed by atoms with Gasteiger partial charge < -0.3 is 9.88 Å². The summed E-state index contributed by atoms with van der Waals surface area (Å²) in [6.45, 7) is 6.68. The Morgan fingerprint density at radius 2 is 1.94 bits per heavy atom. The van der Waals surface area contributed by atoms with E-state index in [1.165, 1.54) is 42.1 Å². The van der Waals surface area contributed by atoms with Gasteiger partial charge in [0.25, 0.3) is 0 Å². The van der Waals surface area contributed by atoms with E-state index in [0.717, 1.165) is 5.92 Å². The molecule has 0 amide bonds. The molecule has 1 aromatic rings.